The molecule has 27 heavy (non-hydrogen) atoms. The van der Waals surface area contributed by atoms with E-state index >= 15 is 0 Å². The van der Waals surface area contributed by atoms with Crippen molar-refractivity contribution in [2.75, 3.05) is 5.88 Å². The van der Waals surface area contributed by atoms with Crippen LogP contribution in [-0.2, 0) is 6.42 Å². The summed E-state index contributed by atoms with van der Waals surface area (Å²) in [5, 5.41) is 10.6. The van der Waals surface area contributed by atoms with Gasteiger partial charge in [-0.2, -0.15) is 0 Å². The number of aliphatic hydroxyl groups excluding tert-OH is 1. The van der Waals surface area contributed by atoms with Crippen LogP contribution >= 0.6 is 11.6 Å². The highest BCUT2D eigenvalue weighted by atomic mass is 35.5. The minimum absolute atomic E-state index is 0.162. The predicted molar refractivity (Wildman–Crippen MR) is 108 cm³/mol. The third kappa shape index (κ3) is 3.36. The summed E-state index contributed by atoms with van der Waals surface area (Å²) in [7, 11) is 0. The molecule has 1 amide bonds. The summed E-state index contributed by atoms with van der Waals surface area (Å²) in [5.74, 6) is 0.0988. The van der Waals surface area contributed by atoms with E-state index in [-0.39, 0.29) is 17.8 Å². The van der Waals surface area contributed by atoms with Crippen LogP contribution in [0.1, 0.15) is 27.7 Å². The lowest BCUT2D eigenvalue weighted by molar-refractivity contribution is 0.00103. The third-order valence-electron chi connectivity index (χ3n) is 5.07. The van der Waals surface area contributed by atoms with Gasteiger partial charge in [0, 0.05) is 17.0 Å². The summed E-state index contributed by atoms with van der Waals surface area (Å²) in [6.07, 6.45) is -0.351. The van der Waals surface area contributed by atoms with Crippen LogP contribution in [0.5, 0.6) is 0 Å². The summed E-state index contributed by atoms with van der Waals surface area (Å²) in [5.41, 5.74) is 4.60. The molecular weight excluding hydrogens is 358 g/mol. The number of fused-ring (bicyclic) bond motifs is 1. The molecule has 2 atom stereocenters. The van der Waals surface area contributed by atoms with Gasteiger partial charge in [-0.3, -0.25) is 4.79 Å². The van der Waals surface area contributed by atoms with Crippen molar-refractivity contribution in [1.82, 2.24) is 4.90 Å². The van der Waals surface area contributed by atoms with Gasteiger partial charge < -0.3 is 10.0 Å². The van der Waals surface area contributed by atoms with E-state index in [1.165, 1.54) is 10.5 Å². The molecule has 3 nitrogen and oxygen atoms in total. The van der Waals surface area contributed by atoms with Gasteiger partial charge in [-0.15, -0.1) is 11.6 Å². The first-order valence-electron chi connectivity index (χ1n) is 8.99. The van der Waals surface area contributed by atoms with Gasteiger partial charge in [0.05, 0.1) is 6.04 Å². The van der Waals surface area contributed by atoms with Crippen LogP contribution in [0.25, 0.3) is 11.1 Å². The Morgan fingerprint density at radius 3 is 2.19 bits per heavy atom. The van der Waals surface area contributed by atoms with E-state index < -0.39 is 6.23 Å². The largest absolute Gasteiger partial charge is 0.369 e. The molecule has 3 aromatic carbocycles. The van der Waals surface area contributed by atoms with Gasteiger partial charge in [0.15, 0.2) is 6.23 Å². The van der Waals surface area contributed by atoms with Gasteiger partial charge in [0.2, 0.25) is 0 Å². The molecule has 1 aliphatic heterocycles. The number of rotatable bonds is 5. The van der Waals surface area contributed by atoms with Crippen molar-refractivity contribution >= 4 is 17.5 Å². The van der Waals surface area contributed by atoms with Crippen LogP contribution in [0.4, 0.5) is 0 Å². The van der Waals surface area contributed by atoms with Gasteiger partial charge in [0.25, 0.3) is 5.91 Å². The fraction of sp³-hybridized carbons (Fsp3) is 0.174. The van der Waals surface area contributed by atoms with Crippen LogP contribution in [0.3, 0.4) is 0 Å². The second-order valence-corrected chi connectivity index (χ2v) is 7.06. The first-order valence-corrected chi connectivity index (χ1v) is 9.52. The number of nitrogens with zero attached hydrogens (tertiary/aromatic N) is 1. The molecule has 1 N–H and O–H groups in total. The molecule has 4 rings (SSSR count). The third-order valence-corrected chi connectivity index (χ3v) is 5.43. The van der Waals surface area contributed by atoms with Gasteiger partial charge in [0.1, 0.15) is 0 Å². The van der Waals surface area contributed by atoms with Gasteiger partial charge in [-0.05, 0) is 29.2 Å². The molecule has 0 fully saturated rings. The van der Waals surface area contributed by atoms with Gasteiger partial charge in [-0.25, -0.2) is 0 Å². The van der Waals surface area contributed by atoms with Crippen molar-refractivity contribution in [3.05, 3.63) is 95.6 Å². The van der Waals surface area contributed by atoms with E-state index in [0.29, 0.717) is 17.5 Å². The van der Waals surface area contributed by atoms with Crippen LogP contribution in [-0.4, -0.2) is 27.8 Å². The Kier molecular flexibility index (Phi) is 4.97. The first kappa shape index (κ1) is 17.8. The minimum atomic E-state index is -0.943. The van der Waals surface area contributed by atoms with E-state index in [1.54, 1.807) is 12.1 Å². The molecule has 0 radical (unpaired) electrons. The molecule has 0 saturated carbocycles. The van der Waals surface area contributed by atoms with Crippen molar-refractivity contribution in [3.63, 3.8) is 0 Å². The molecule has 3 aromatic rings. The highest BCUT2D eigenvalue weighted by molar-refractivity contribution is 6.18. The second kappa shape index (κ2) is 7.55. The SMILES string of the molecule is O=C1c2ccccc2C(O)N1C(CCl)Cc1ccc(-c2ccccc2)cc1. The maximum atomic E-state index is 12.7. The van der Waals surface area contributed by atoms with Crippen LogP contribution < -0.4 is 0 Å². The number of benzene rings is 3. The fourth-order valence-electron chi connectivity index (χ4n) is 3.65. The maximum Gasteiger partial charge on any atom is 0.256 e. The summed E-state index contributed by atoms with van der Waals surface area (Å²) in [4.78, 5) is 14.2. The van der Waals surface area contributed by atoms with Gasteiger partial charge >= 0.3 is 0 Å². The molecule has 0 spiro atoms. The maximum absolute atomic E-state index is 12.7. The smallest absolute Gasteiger partial charge is 0.256 e. The summed E-state index contributed by atoms with van der Waals surface area (Å²) in [6, 6.07) is 25.4. The molecule has 0 bridgehead atoms. The first-order chi connectivity index (χ1) is 13.2. The number of hydrogen-bond acceptors (Lipinski definition) is 2. The van der Waals surface area contributed by atoms with Crippen molar-refractivity contribution in [2.45, 2.75) is 18.7 Å². The lowest BCUT2D eigenvalue weighted by atomic mass is 10.0. The standard InChI is InChI=1S/C23H20ClNO2/c24-15-19(25-22(26)20-8-4-5-9-21(20)23(25)27)14-16-10-12-18(13-11-16)17-6-2-1-3-7-17/h1-13,19,22,26H,14-15H2. The Morgan fingerprint density at radius 2 is 1.52 bits per heavy atom. The Labute approximate surface area is 163 Å². The average molecular weight is 378 g/mol. The van der Waals surface area contributed by atoms with Crippen molar-refractivity contribution in [1.29, 1.82) is 0 Å². The predicted octanol–water partition coefficient (Wildman–Crippen LogP) is 4.65. The zero-order valence-electron chi connectivity index (χ0n) is 14.8. The molecule has 0 aromatic heterocycles. The van der Waals surface area contributed by atoms with Crippen LogP contribution in [0.15, 0.2) is 78.9 Å². The minimum Gasteiger partial charge on any atom is -0.369 e. The molecular formula is C23H20ClNO2. The number of carbonyl (C=O) groups is 1. The van der Waals surface area contributed by atoms with Crippen molar-refractivity contribution < 1.29 is 9.90 Å². The molecule has 1 aliphatic rings. The fourth-order valence-corrected chi connectivity index (χ4v) is 3.90. The van der Waals surface area contributed by atoms with E-state index in [4.69, 9.17) is 11.6 Å². The number of halogens is 1. The molecule has 0 aliphatic carbocycles. The Morgan fingerprint density at radius 1 is 0.889 bits per heavy atom. The van der Waals surface area contributed by atoms with Crippen LogP contribution in [0.2, 0.25) is 0 Å². The number of alkyl halides is 1. The zero-order chi connectivity index (χ0) is 18.8. The molecule has 136 valence electrons. The van der Waals surface area contributed by atoms with Crippen LogP contribution in [0, 0.1) is 0 Å². The number of carbonyl (C=O) groups excluding carboxylic acids is 1. The topological polar surface area (TPSA) is 40.5 Å². The quantitative estimate of drug-likeness (QED) is 0.657. The molecule has 4 heteroatoms. The normalized spacial score (nSPS) is 17.0. The second-order valence-electron chi connectivity index (χ2n) is 6.75. The highest BCUT2D eigenvalue weighted by Gasteiger charge is 2.39. The number of hydrogen-bond donors (Lipinski definition) is 1. The van der Waals surface area contributed by atoms with E-state index in [1.807, 2.05) is 30.3 Å². The van der Waals surface area contributed by atoms with E-state index in [9.17, 15) is 9.90 Å². The Bertz CT molecular complexity index is 940. The Balaban J connectivity index is 1.54. The van der Waals surface area contributed by atoms with Gasteiger partial charge in [-0.1, -0.05) is 72.8 Å². The molecule has 2 unspecified atom stereocenters. The molecule has 0 saturated heterocycles. The molecule has 1 heterocycles. The number of amides is 1. The van der Waals surface area contributed by atoms with Crippen molar-refractivity contribution in [3.8, 4) is 11.1 Å². The summed E-state index contributed by atoms with van der Waals surface area (Å²) >= 11 is 6.19. The summed E-state index contributed by atoms with van der Waals surface area (Å²) in [6.45, 7) is 0. The Hall–Kier alpha value is -2.62. The lowest BCUT2D eigenvalue weighted by Gasteiger charge is -2.29. The summed E-state index contributed by atoms with van der Waals surface area (Å²) < 4.78 is 0. The zero-order valence-corrected chi connectivity index (χ0v) is 15.5. The van der Waals surface area contributed by atoms with E-state index in [0.717, 1.165) is 11.1 Å². The van der Waals surface area contributed by atoms with E-state index in [2.05, 4.69) is 36.4 Å². The number of aliphatic hydroxyl groups is 1. The van der Waals surface area contributed by atoms with Crippen molar-refractivity contribution in [2.24, 2.45) is 0 Å². The monoisotopic (exact) mass is 377 g/mol. The average Bonchev–Trinajstić information content (AvgIpc) is 2.98. The lowest BCUT2D eigenvalue weighted by Crippen LogP contribution is -2.41. The highest BCUT2D eigenvalue weighted by Crippen LogP contribution is 2.34.